The van der Waals surface area contributed by atoms with Crippen molar-refractivity contribution in [3.05, 3.63) is 34.9 Å². The molecule has 1 saturated carbocycles. The summed E-state index contributed by atoms with van der Waals surface area (Å²) in [7, 11) is 0. The number of hydrogen-bond acceptors (Lipinski definition) is 1. The molecule has 1 aromatic carbocycles. The minimum absolute atomic E-state index is 0.149. The summed E-state index contributed by atoms with van der Waals surface area (Å²) in [5.41, 5.74) is 7.61. The van der Waals surface area contributed by atoms with Crippen LogP contribution < -0.4 is 5.73 Å². The summed E-state index contributed by atoms with van der Waals surface area (Å²) >= 11 is 6.04. The van der Waals surface area contributed by atoms with E-state index in [2.05, 4.69) is 13.0 Å². The van der Waals surface area contributed by atoms with E-state index in [0.29, 0.717) is 0 Å². The van der Waals surface area contributed by atoms with Crippen LogP contribution in [0.3, 0.4) is 0 Å². The van der Waals surface area contributed by atoms with Crippen molar-refractivity contribution < 1.29 is 0 Å². The van der Waals surface area contributed by atoms with Crippen molar-refractivity contribution in [3.63, 3.8) is 0 Å². The zero-order valence-corrected chi connectivity index (χ0v) is 10.6. The Morgan fingerprint density at radius 3 is 3.00 bits per heavy atom. The second kappa shape index (κ2) is 4.77. The van der Waals surface area contributed by atoms with Gasteiger partial charge in [-0.25, -0.2) is 0 Å². The van der Waals surface area contributed by atoms with Crippen LogP contribution in [-0.2, 0) is 5.54 Å². The van der Waals surface area contributed by atoms with E-state index in [-0.39, 0.29) is 5.54 Å². The Bertz CT molecular complexity index is 364. The van der Waals surface area contributed by atoms with Crippen molar-refractivity contribution >= 4 is 11.6 Å². The van der Waals surface area contributed by atoms with Gasteiger partial charge in [0.1, 0.15) is 0 Å². The van der Waals surface area contributed by atoms with E-state index in [4.69, 9.17) is 17.3 Å². The normalized spacial score (nSPS) is 30.3. The molecule has 2 N–H and O–H groups in total. The van der Waals surface area contributed by atoms with Crippen LogP contribution in [0.5, 0.6) is 0 Å². The van der Waals surface area contributed by atoms with Gasteiger partial charge in [0.05, 0.1) is 0 Å². The fraction of sp³-hybridized carbons (Fsp3) is 0.571. The van der Waals surface area contributed by atoms with E-state index in [1.807, 2.05) is 18.2 Å². The van der Waals surface area contributed by atoms with Gasteiger partial charge in [-0.1, -0.05) is 49.9 Å². The molecule has 1 nitrogen and oxygen atoms in total. The summed E-state index contributed by atoms with van der Waals surface area (Å²) in [6.45, 7) is 2.26. The minimum atomic E-state index is -0.149. The highest BCUT2D eigenvalue weighted by molar-refractivity contribution is 6.30. The minimum Gasteiger partial charge on any atom is -0.321 e. The standard InChI is InChI=1S/C14H20ClN/c1-2-11-5-4-8-14(16,10-11)12-6-3-7-13(15)9-12/h3,6-7,9,11H,2,4-5,8,10,16H2,1H3. The van der Waals surface area contributed by atoms with E-state index in [1.165, 1.54) is 24.8 Å². The lowest BCUT2D eigenvalue weighted by atomic mass is 9.72. The zero-order valence-electron chi connectivity index (χ0n) is 9.88. The van der Waals surface area contributed by atoms with Crippen molar-refractivity contribution in [3.8, 4) is 0 Å². The number of nitrogens with two attached hydrogens (primary N) is 1. The lowest BCUT2D eigenvalue weighted by molar-refractivity contribution is 0.221. The van der Waals surface area contributed by atoms with Crippen LogP contribution in [0.25, 0.3) is 0 Å². The first kappa shape index (κ1) is 11.9. The Balaban J connectivity index is 2.23. The van der Waals surface area contributed by atoms with Gasteiger partial charge in [0.2, 0.25) is 0 Å². The second-order valence-corrected chi connectivity index (χ2v) is 5.47. The molecule has 1 aliphatic rings. The third-order valence-electron chi connectivity index (χ3n) is 3.87. The van der Waals surface area contributed by atoms with Crippen molar-refractivity contribution in [2.45, 2.75) is 44.6 Å². The molecule has 0 aromatic heterocycles. The molecule has 16 heavy (non-hydrogen) atoms. The third-order valence-corrected chi connectivity index (χ3v) is 4.10. The summed E-state index contributed by atoms with van der Waals surface area (Å²) in [6, 6.07) is 8.06. The van der Waals surface area contributed by atoms with E-state index >= 15 is 0 Å². The van der Waals surface area contributed by atoms with Crippen LogP contribution >= 0.6 is 11.6 Å². The molecule has 2 atom stereocenters. The molecule has 1 fully saturated rings. The highest BCUT2D eigenvalue weighted by Crippen LogP contribution is 2.39. The van der Waals surface area contributed by atoms with Crippen LogP contribution in [0.1, 0.15) is 44.6 Å². The Hall–Kier alpha value is -0.530. The summed E-state index contributed by atoms with van der Waals surface area (Å²) in [4.78, 5) is 0. The zero-order chi connectivity index (χ0) is 11.6. The smallest absolute Gasteiger partial charge is 0.0412 e. The molecule has 88 valence electrons. The topological polar surface area (TPSA) is 26.0 Å². The monoisotopic (exact) mass is 237 g/mol. The molecule has 2 heteroatoms. The highest BCUT2D eigenvalue weighted by atomic mass is 35.5. The summed E-state index contributed by atoms with van der Waals surface area (Å²) in [6.07, 6.45) is 5.99. The largest absolute Gasteiger partial charge is 0.321 e. The predicted molar refractivity (Wildman–Crippen MR) is 69.6 cm³/mol. The van der Waals surface area contributed by atoms with Gasteiger partial charge in [0.15, 0.2) is 0 Å². The lowest BCUT2D eigenvalue weighted by Crippen LogP contribution is -2.41. The average molecular weight is 238 g/mol. The van der Waals surface area contributed by atoms with Crippen LogP contribution in [0.2, 0.25) is 5.02 Å². The fourth-order valence-corrected chi connectivity index (χ4v) is 3.02. The summed E-state index contributed by atoms with van der Waals surface area (Å²) in [5, 5.41) is 0.793. The number of rotatable bonds is 2. The van der Waals surface area contributed by atoms with Crippen LogP contribution in [0, 0.1) is 5.92 Å². The number of hydrogen-bond donors (Lipinski definition) is 1. The third kappa shape index (κ3) is 2.41. The Kier molecular flexibility index (Phi) is 3.56. The van der Waals surface area contributed by atoms with Gasteiger partial charge in [0.25, 0.3) is 0 Å². The molecule has 0 bridgehead atoms. The molecule has 2 unspecified atom stereocenters. The van der Waals surface area contributed by atoms with Crippen molar-refractivity contribution in [1.82, 2.24) is 0 Å². The Morgan fingerprint density at radius 2 is 2.31 bits per heavy atom. The van der Waals surface area contributed by atoms with Crippen molar-refractivity contribution in [2.75, 3.05) is 0 Å². The highest BCUT2D eigenvalue weighted by Gasteiger charge is 2.33. The molecule has 2 rings (SSSR count). The van der Waals surface area contributed by atoms with Gasteiger partial charge >= 0.3 is 0 Å². The van der Waals surface area contributed by atoms with Gasteiger partial charge < -0.3 is 5.73 Å². The molecule has 0 aliphatic heterocycles. The number of halogens is 1. The molecule has 0 radical (unpaired) electrons. The molecule has 0 heterocycles. The second-order valence-electron chi connectivity index (χ2n) is 5.04. The first-order valence-corrected chi connectivity index (χ1v) is 6.57. The van der Waals surface area contributed by atoms with Gasteiger partial charge in [-0.15, -0.1) is 0 Å². The molecule has 1 aliphatic carbocycles. The van der Waals surface area contributed by atoms with Gasteiger partial charge in [-0.3, -0.25) is 0 Å². The van der Waals surface area contributed by atoms with Gasteiger partial charge in [-0.05, 0) is 36.5 Å². The molecule has 0 saturated heterocycles. The predicted octanol–water partition coefficient (Wildman–Crippen LogP) is 4.09. The molecule has 0 spiro atoms. The van der Waals surface area contributed by atoms with E-state index in [0.717, 1.165) is 23.8 Å². The van der Waals surface area contributed by atoms with Crippen LogP contribution in [0.4, 0.5) is 0 Å². The Labute approximate surface area is 103 Å². The molecular formula is C14H20ClN. The first-order chi connectivity index (χ1) is 7.64. The van der Waals surface area contributed by atoms with Crippen LogP contribution in [-0.4, -0.2) is 0 Å². The SMILES string of the molecule is CCC1CCCC(N)(c2cccc(Cl)c2)C1. The maximum atomic E-state index is 6.56. The quantitative estimate of drug-likeness (QED) is 0.824. The van der Waals surface area contributed by atoms with E-state index in [1.54, 1.807) is 0 Å². The first-order valence-electron chi connectivity index (χ1n) is 6.19. The molecule has 1 aromatic rings. The van der Waals surface area contributed by atoms with Crippen molar-refractivity contribution in [1.29, 1.82) is 0 Å². The Morgan fingerprint density at radius 1 is 1.50 bits per heavy atom. The maximum absolute atomic E-state index is 6.56. The van der Waals surface area contributed by atoms with Crippen molar-refractivity contribution in [2.24, 2.45) is 11.7 Å². The molecular weight excluding hydrogens is 218 g/mol. The maximum Gasteiger partial charge on any atom is 0.0412 e. The van der Waals surface area contributed by atoms with Gasteiger partial charge in [0, 0.05) is 10.6 Å². The summed E-state index contributed by atoms with van der Waals surface area (Å²) < 4.78 is 0. The number of benzene rings is 1. The average Bonchev–Trinajstić information content (AvgIpc) is 2.29. The van der Waals surface area contributed by atoms with E-state index in [9.17, 15) is 0 Å². The van der Waals surface area contributed by atoms with Gasteiger partial charge in [-0.2, -0.15) is 0 Å². The van der Waals surface area contributed by atoms with Crippen LogP contribution in [0.15, 0.2) is 24.3 Å². The lowest BCUT2D eigenvalue weighted by Gasteiger charge is -2.38. The molecule has 0 amide bonds. The summed E-state index contributed by atoms with van der Waals surface area (Å²) in [5.74, 6) is 0.776. The van der Waals surface area contributed by atoms with E-state index < -0.39 is 0 Å². The fourth-order valence-electron chi connectivity index (χ4n) is 2.83.